The molecule has 666 valence electrons. The van der Waals surface area contributed by atoms with Crippen molar-refractivity contribution >= 4 is 79.0 Å². The fourth-order valence-corrected chi connectivity index (χ4v) is 19.2. The van der Waals surface area contributed by atoms with Crippen molar-refractivity contribution in [1.82, 2.24) is 4.57 Å². The molecule has 2 aliphatic rings. The van der Waals surface area contributed by atoms with Gasteiger partial charge >= 0.3 is 0 Å². The van der Waals surface area contributed by atoms with E-state index in [1.54, 1.807) is 0 Å². The van der Waals surface area contributed by atoms with Crippen molar-refractivity contribution in [1.29, 1.82) is 0 Å². The van der Waals surface area contributed by atoms with Crippen LogP contribution in [-0.4, -0.2) is 11.3 Å². The van der Waals surface area contributed by atoms with Gasteiger partial charge in [0.05, 0.1) is 22.4 Å². The Balaban J connectivity index is 1.22. The lowest BCUT2D eigenvalue weighted by Crippen LogP contribution is -2.61. The molecule has 128 heavy (non-hydrogen) atoms. The van der Waals surface area contributed by atoms with Crippen molar-refractivity contribution < 1.29 is 0 Å². The highest BCUT2D eigenvalue weighted by molar-refractivity contribution is 7.00. The quantitative estimate of drug-likeness (QED) is 0.141. The molecule has 0 fully saturated rings. The van der Waals surface area contributed by atoms with Crippen LogP contribution in [0.2, 0.25) is 0 Å². The summed E-state index contributed by atoms with van der Waals surface area (Å²) in [6.07, 6.45) is 0. The van der Waals surface area contributed by atoms with E-state index in [0.717, 1.165) is 17.1 Å². The zero-order valence-electron chi connectivity index (χ0n) is 86.1. The Morgan fingerprint density at radius 3 is 0.734 bits per heavy atom. The summed E-state index contributed by atoms with van der Waals surface area (Å²) < 4.78 is 2.62. The average Bonchev–Trinajstić information content (AvgIpc) is 0.749. The van der Waals surface area contributed by atoms with Gasteiger partial charge in [0.15, 0.2) is 0 Å². The molecule has 1 aromatic heterocycles. The van der Waals surface area contributed by atoms with E-state index >= 15 is 0 Å². The average molecular weight is 1700 g/mol. The maximum atomic E-state index is 2.85. The molecular formula is C124H152BN3. The second-order valence-electron chi connectivity index (χ2n) is 52.0. The van der Waals surface area contributed by atoms with Crippen LogP contribution in [0.3, 0.4) is 0 Å². The number of hydrogen-bond donors (Lipinski definition) is 0. The molecule has 13 aromatic rings. The van der Waals surface area contributed by atoms with E-state index in [4.69, 9.17) is 0 Å². The smallest absolute Gasteiger partial charge is 0.252 e. The van der Waals surface area contributed by atoms with E-state index in [-0.39, 0.29) is 77.1 Å². The van der Waals surface area contributed by atoms with Crippen LogP contribution in [-0.2, 0) is 70.4 Å². The molecule has 0 radical (unpaired) electrons. The summed E-state index contributed by atoms with van der Waals surface area (Å²) in [5.74, 6) is 0. The van der Waals surface area contributed by atoms with Gasteiger partial charge in [0.2, 0.25) is 0 Å². The predicted molar refractivity (Wildman–Crippen MR) is 565 cm³/mol. The molecule has 0 atom stereocenters. The second kappa shape index (κ2) is 30.9. The highest BCUT2D eigenvalue weighted by Crippen LogP contribution is 2.58. The highest BCUT2D eigenvalue weighted by atomic mass is 15.2. The number of aromatic nitrogens is 1. The van der Waals surface area contributed by atoms with Gasteiger partial charge in [-0.15, -0.1) is 0 Å². The van der Waals surface area contributed by atoms with Crippen LogP contribution in [0.5, 0.6) is 0 Å². The van der Waals surface area contributed by atoms with Gasteiger partial charge in [0.1, 0.15) is 0 Å². The Bertz CT molecular complexity index is 6370. The summed E-state index contributed by atoms with van der Waals surface area (Å²) in [5.41, 5.74) is 41.1. The van der Waals surface area contributed by atoms with Gasteiger partial charge in [-0.2, -0.15) is 0 Å². The maximum absolute atomic E-state index is 2.85. The van der Waals surface area contributed by atoms with Gasteiger partial charge in [0, 0.05) is 61.5 Å². The van der Waals surface area contributed by atoms with Crippen molar-refractivity contribution in [2.45, 2.75) is 340 Å². The normalized spacial score (nSPS) is 14.2. The van der Waals surface area contributed by atoms with Gasteiger partial charge in [-0.3, -0.25) is 0 Å². The van der Waals surface area contributed by atoms with Crippen LogP contribution in [0.4, 0.5) is 34.1 Å². The van der Waals surface area contributed by atoms with Gasteiger partial charge < -0.3 is 14.4 Å². The lowest BCUT2D eigenvalue weighted by molar-refractivity contribution is 0.568. The number of hydrogen-bond acceptors (Lipinski definition) is 2. The van der Waals surface area contributed by atoms with Gasteiger partial charge in [0.25, 0.3) is 6.71 Å². The summed E-state index contributed by atoms with van der Waals surface area (Å²) in [5, 5.41) is 2.54. The minimum Gasteiger partial charge on any atom is -0.310 e. The first-order valence-electron chi connectivity index (χ1n) is 47.9. The first kappa shape index (κ1) is 92.8. The van der Waals surface area contributed by atoms with E-state index in [0.29, 0.717) is 0 Å². The number of nitrogens with zero attached hydrogens (tertiary/aromatic N) is 3. The Kier molecular flexibility index (Phi) is 22.4. The molecule has 0 spiro atoms. The first-order chi connectivity index (χ1) is 58.6. The molecular weight excluding hydrogens is 1540 g/mol. The molecule has 12 aromatic carbocycles. The van der Waals surface area contributed by atoms with Crippen molar-refractivity contribution in [2.75, 3.05) is 9.80 Å². The Morgan fingerprint density at radius 2 is 0.430 bits per heavy atom. The topological polar surface area (TPSA) is 11.4 Å². The zero-order valence-corrected chi connectivity index (χ0v) is 86.1. The van der Waals surface area contributed by atoms with Crippen LogP contribution in [0.1, 0.15) is 342 Å². The van der Waals surface area contributed by atoms with Crippen LogP contribution >= 0.6 is 0 Å². The van der Waals surface area contributed by atoms with Crippen LogP contribution in [0, 0.1) is 0 Å². The number of fused-ring (bicyclic) bond motifs is 7. The van der Waals surface area contributed by atoms with Crippen LogP contribution < -0.4 is 26.2 Å². The molecule has 0 saturated heterocycles. The third-order valence-electron chi connectivity index (χ3n) is 28.1. The summed E-state index contributed by atoms with van der Waals surface area (Å²) >= 11 is 0. The van der Waals surface area contributed by atoms with Gasteiger partial charge in [-0.1, -0.05) is 403 Å². The number of benzene rings is 12. The Morgan fingerprint density at radius 1 is 0.180 bits per heavy atom. The van der Waals surface area contributed by atoms with E-state index < -0.39 is 0 Å². The van der Waals surface area contributed by atoms with Gasteiger partial charge in [-0.25, -0.2) is 0 Å². The largest absolute Gasteiger partial charge is 0.310 e. The maximum Gasteiger partial charge on any atom is 0.252 e. The highest BCUT2D eigenvalue weighted by Gasteiger charge is 2.48. The number of anilines is 6. The molecule has 2 aliphatic heterocycles. The van der Waals surface area contributed by atoms with Crippen molar-refractivity contribution in [2.24, 2.45) is 0 Å². The van der Waals surface area contributed by atoms with Crippen molar-refractivity contribution in [3.05, 3.63) is 285 Å². The van der Waals surface area contributed by atoms with Crippen LogP contribution in [0.25, 0.3) is 83.1 Å². The minimum absolute atomic E-state index is 0.0804. The van der Waals surface area contributed by atoms with E-state index in [2.05, 4.69) is 497 Å². The third kappa shape index (κ3) is 17.5. The summed E-state index contributed by atoms with van der Waals surface area (Å²) in [7, 11) is 0. The minimum atomic E-state index is -0.388. The van der Waals surface area contributed by atoms with Crippen molar-refractivity contribution in [3.8, 4) is 61.3 Å². The zero-order chi connectivity index (χ0) is 93.9. The molecule has 3 nitrogen and oxygen atoms in total. The Labute approximate surface area is 774 Å². The summed E-state index contributed by atoms with van der Waals surface area (Å²) in [6.45, 7) is 93.0. The first-order valence-corrected chi connectivity index (χ1v) is 47.9. The fourth-order valence-electron chi connectivity index (χ4n) is 19.2. The van der Waals surface area contributed by atoms with E-state index in [9.17, 15) is 0 Å². The monoisotopic (exact) mass is 1690 g/mol. The molecule has 0 aliphatic carbocycles. The number of rotatable bonds is 8. The van der Waals surface area contributed by atoms with Gasteiger partial charge in [-0.05, 0) is 271 Å². The molecule has 0 amide bonds. The Hall–Kier alpha value is -9.90. The molecule has 0 N–H and O–H groups in total. The van der Waals surface area contributed by atoms with E-state index in [1.165, 1.54) is 189 Å². The molecule has 0 bridgehead atoms. The third-order valence-corrected chi connectivity index (χ3v) is 28.1. The SMILES string of the molecule is CC(C)(C)c1ccc(-c2cc(C(C)(C)C)cc(-c3cc(C(C)(C)C)cc(C(C)(C)C)c3)c2N2c3cc(-c4cc(C(C)(C)C)cc(C(C)(C)C)c4)ccc3B3c4ccc(-n5c6ccc(C(C)(C)C)cc6c6cc(C(C)(C)C)ccc65)cc4N(c4c(-c5ccc(C(C)(C)C)cc5)cc(C(C)(C)C)cc4-c4cc(C(C)(C)C)cc(C(C)(C)C)c4)c4cc(C(C)(C)C)cc2c43)cc1. The fraction of sp³-hybridized carbons (Fsp3) is 0.419. The lowest BCUT2D eigenvalue weighted by atomic mass is 9.33. The van der Waals surface area contributed by atoms with E-state index in [1.807, 2.05) is 0 Å². The summed E-state index contributed by atoms with van der Waals surface area (Å²) in [6, 6.07) is 88.3. The molecule has 0 unspecified atom stereocenters. The second-order valence-corrected chi connectivity index (χ2v) is 52.0. The molecule has 3 heterocycles. The standard InChI is InChI=1S/C124H152BN3/c1-112(2,3)81-45-40-75(41-46-81)95-68-91(122(31,32)33)70-97(79-58-87(118(19,20)21)64-88(59-79)119(22,23)24)110(95)127-105-62-77(78-56-85(116(13,14)15)63-86(57-78)117(16,17)18)44-52-101(105)125-102-53-51-94(126-103-54-49-83(114(7,8)9)66-99(103)100-67-84(115(10,11)12)50-55-104(100)126)74-106(102)128(108-73-93(124(37,38)39)72-107(127)109(108)125)111-96(76-42-47-82(48-43-76)113(4,5)6)69-92(123(34,35)36)71-98(111)80-60-89(120(25,26)27)65-90(61-80)121(28,29)30/h40-74H,1-39H3. The lowest BCUT2D eigenvalue weighted by Gasteiger charge is -2.47. The molecule has 15 rings (SSSR count). The predicted octanol–water partition coefficient (Wildman–Crippen LogP) is 34.1. The summed E-state index contributed by atoms with van der Waals surface area (Å²) in [4.78, 5) is 5.70. The molecule has 0 saturated carbocycles. The molecule has 4 heteroatoms. The van der Waals surface area contributed by atoms with Crippen molar-refractivity contribution in [3.63, 3.8) is 0 Å². The van der Waals surface area contributed by atoms with Crippen LogP contribution in [0.15, 0.2) is 212 Å².